The Labute approximate surface area is 86.3 Å². The molecule has 0 aliphatic carbocycles. The third-order valence-corrected chi connectivity index (χ3v) is 2.67. The first-order valence-corrected chi connectivity index (χ1v) is 4.50. The summed E-state index contributed by atoms with van der Waals surface area (Å²) in [4.78, 5) is 4.31. The van der Waals surface area contributed by atoms with Crippen LogP contribution in [0.15, 0.2) is 16.7 Å². The fourth-order valence-corrected chi connectivity index (χ4v) is 1.82. The van der Waals surface area contributed by atoms with Crippen molar-refractivity contribution >= 4 is 28.3 Å². The van der Waals surface area contributed by atoms with Crippen LogP contribution in [-0.2, 0) is 13.0 Å². The summed E-state index contributed by atoms with van der Waals surface area (Å²) < 4.78 is 1.18. The molecule has 0 fully saturated rings. The predicted molar refractivity (Wildman–Crippen MR) is 54.6 cm³/mol. The molecular formula is C8H10BrClN2. The van der Waals surface area contributed by atoms with Gasteiger partial charge in [0.1, 0.15) is 0 Å². The van der Waals surface area contributed by atoms with E-state index in [-0.39, 0.29) is 12.4 Å². The Kier molecular flexibility index (Phi) is 3.50. The summed E-state index contributed by atoms with van der Waals surface area (Å²) in [5.74, 6) is 0. The molecule has 1 aliphatic heterocycles. The van der Waals surface area contributed by atoms with Gasteiger partial charge in [-0.25, -0.2) is 0 Å². The third kappa shape index (κ3) is 1.79. The summed E-state index contributed by atoms with van der Waals surface area (Å²) in [7, 11) is 0. The van der Waals surface area contributed by atoms with Gasteiger partial charge in [0.05, 0.1) is 0 Å². The predicted octanol–water partition coefficient (Wildman–Crippen LogP) is 1.91. The average Bonchev–Trinajstić information content (AvgIpc) is 2.06. The lowest BCUT2D eigenvalue weighted by atomic mass is 10.1. The van der Waals surface area contributed by atoms with Crippen molar-refractivity contribution in [2.75, 3.05) is 6.54 Å². The molecule has 4 heteroatoms. The number of rotatable bonds is 0. The third-order valence-electron chi connectivity index (χ3n) is 1.93. The van der Waals surface area contributed by atoms with Gasteiger partial charge >= 0.3 is 0 Å². The molecule has 2 rings (SSSR count). The molecule has 2 nitrogen and oxygen atoms in total. The smallest absolute Gasteiger partial charge is 0.0472 e. The van der Waals surface area contributed by atoms with Crippen LogP contribution in [0.3, 0.4) is 0 Å². The molecule has 12 heavy (non-hydrogen) atoms. The monoisotopic (exact) mass is 248 g/mol. The SMILES string of the molecule is Brc1ccnc2c1CNCC2.Cl. The minimum Gasteiger partial charge on any atom is -0.312 e. The van der Waals surface area contributed by atoms with Crippen molar-refractivity contribution in [1.29, 1.82) is 0 Å². The van der Waals surface area contributed by atoms with Crippen LogP contribution >= 0.6 is 28.3 Å². The van der Waals surface area contributed by atoms with E-state index >= 15 is 0 Å². The molecule has 0 saturated carbocycles. The molecule has 0 saturated heterocycles. The second kappa shape index (κ2) is 4.21. The van der Waals surface area contributed by atoms with Crippen LogP contribution in [0.25, 0.3) is 0 Å². The molecule has 1 aromatic heterocycles. The van der Waals surface area contributed by atoms with Crippen molar-refractivity contribution in [3.8, 4) is 0 Å². The lowest BCUT2D eigenvalue weighted by Gasteiger charge is -2.16. The maximum Gasteiger partial charge on any atom is 0.0472 e. The van der Waals surface area contributed by atoms with Crippen LogP contribution < -0.4 is 5.32 Å². The van der Waals surface area contributed by atoms with Gasteiger partial charge in [-0.15, -0.1) is 12.4 Å². The Morgan fingerprint density at radius 1 is 1.50 bits per heavy atom. The maximum atomic E-state index is 4.31. The summed E-state index contributed by atoms with van der Waals surface area (Å²) in [5, 5.41) is 3.31. The lowest BCUT2D eigenvalue weighted by Crippen LogP contribution is -2.24. The highest BCUT2D eigenvalue weighted by atomic mass is 79.9. The molecule has 1 N–H and O–H groups in total. The standard InChI is InChI=1S/C8H9BrN2.ClH/c9-7-1-4-11-8-2-3-10-5-6(7)8;/h1,4,10H,2-3,5H2;1H. The van der Waals surface area contributed by atoms with Crippen LogP contribution in [0.2, 0.25) is 0 Å². The first-order valence-electron chi connectivity index (χ1n) is 3.71. The van der Waals surface area contributed by atoms with E-state index in [1.165, 1.54) is 15.7 Å². The first-order chi connectivity index (χ1) is 5.38. The Morgan fingerprint density at radius 2 is 2.33 bits per heavy atom. The van der Waals surface area contributed by atoms with Crippen LogP contribution in [-0.4, -0.2) is 11.5 Å². The van der Waals surface area contributed by atoms with Crippen LogP contribution in [0, 0.1) is 0 Å². The number of hydrogen-bond donors (Lipinski definition) is 1. The summed E-state index contributed by atoms with van der Waals surface area (Å²) in [6.45, 7) is 2.00. The molecule has 1 aromatic rings. The number of nitrogens with zero attached hydrogens (tertiary/aromatic N) is 1. The topological polar surface area (TPSA) is 24.9 Å². The zero-order valence-corrected chi connectivity index (χ0v) is 8.91. The van der Waals surface area contributed by atoms with Crippen molar-refractivity contribution in [1.82, 2.24) is 10.3 Å². The van der Waals surface area contributed by atoms with Gasteiger partial charge in [-0.2, -0.15) is 0 Å². The summed E-state index contributed by atoms with van der Waals surface area (Å²) in [6.07, 6.45) is 2.91. The summed E-state index contributed by atoms with van der Waals surface area (Å²) in [5.41, 5.74) is 2.55. The van der Waals surface area contributed by atoms with Crippen molar-refractivity contribution in [3.63, 3.8) is 0 Å². The van der Waals surface area contributed by atoms with Gasteiger partial charge < -0.3 is 5.32 Å². The molecule has 66 valence electrons. The fraction of sp³-hybridized carbons (Fsp3) is 0.375. The number of fused-ring (bicyclic) bond motifs is 1. The van der Waals surface area contributed by atoms with Gasteiger partial charge in [-0.3, -0.25) is 4.98 Å². The van der Waals surface area contributed by atoms with E-state index in [0.29, 0.717) is 0 Å². The van der Waals surface area contributed by atoms with Crippen LogP contribution in [0.5, 0.6) is 0 Å². The quantitative estimate of drug-likeness (QED) is 0.760. The Hall–Kier alpha value is -0.120. The minimum atomic E-state index is 0. The molecule has 0 spiro atoms. The number of halogens is 2. The molecule has 0 bridgehead atoms. The van der Waals surface area contributed by atoms with E-state index < -0.39 is 0 Å². The van der Waals surface area contributed by atoms with Gasteiger partial charge in [0.15, 0.2) is 0 Å². The lowest BCUT2D eigenvalue weighted by molar-refractivity contribution is 0.628. The van der Waals surface area contributed by atoms with E-state index in [4.69, 9.17) is 0 Å². The minimum absolute atomic E-state index is 0. The molecular weight excluding hydrogens is 239 g/mol. The second-order valence-corrected chi connectivity index (χ2v) is 3.50. The zero-order chi connectivity index (χ0) is 7.68. The maximum absolute atomic E-state index is 4.31. The first kappa shape index (κ1) is 9.96. The van der Waals surface area contributed by atoms with Gasteiger partial charge in [0.25, 0.3) is 0 Å². The average molecular weight is 250 g/mol. The van der Waals surface area contributed by atoms with E-state index in [1.807, 2.05) is 12.3 Å². The molecule has 0 amide bonds. The van der Waals surface area contributed by atoms with Crippen LogP contribution in [0.4, 0.5) is 0 Å². The van der Waals surface area contributed by atoms with E-state index in [1.54, 1.807) is 0 Å². The molecule has 0 unspecified atom stereocenters. The van der Waals surface area contributed by atoms with Gasteiger partial charge in [-0.1, -0.05) is 15.9 Å². The van der Waals surface area contributed by atoms with Gasteiger partial charge in [-0.05, 0) is 6.07 Å². The fourth-order valence-electron chi connectivity index (χ4n) is 1.33. The largest absolute Gasteiger partial charge is 0.312 e. The van der Waals surface area contributed by atoms with Gasteiger partial charge in [0, 0.05) is 41.4 Å². The van der Waals surface area contributed by atoms with E-state index in [2.05, 4.69) is 26.2 Å². The molecule has 0 aromatic carbocycles. The number of aromatic nitrogens is 1. The van der Waals surface area contributed by atoms with Crippen molar-refractivity contribution in [3.05, 3.63) is 28.0 Å². The Balaban J connectivity index is 0.000000720. The Morgan fingerprint density at radius 3 is 3.08 bits per heavy atom. The zero-order valence-electron chi connectivity index (χ0n) is 6.51. The molecule has 0 atom stereocenters. The number of pyridine rings is 1. The normalized spacial score (nSPS) is 14.8. The van der Waals surface area contributed by atoms with Gasteiger partial charge in [0.2, 0.25) is 0 Å². The number of hydrogen-bond acceptors (Lipinski definition) is 2. The summed E-state index contributed by atoms with van der Waals surface area (Å²) in [6, 6.07) is 1.99. The van der Waals surface area contributed by atoms with Crippen molar-refractivity contribution in [2.24, 2.45) is 0 Å². The summed E-state index contributed by atoms with van der Waals surface area (Å²) >= 11 is 3.50. The van der Waals surface area contributed by atoms with E-state index in [9.17, 15) is 0 Å². The van der Waals surface area contributed by atoms with Crippen LogP contribution in [0.1, 0.15) is 11.3 Å². The Bertz CT molecular complexity index is 278. The van der Waals surface area contributed by atoms with E-state index in [0.717, 1.165) is 19.5 Å². The highest BCUT2D eigenvalue weighted by Crippen LogP contribution is 2.20. The number of nitrogens with one attached hydrogen (secondary N) is 1. The molecule has 1 aliphatic rings. The van der Waals surface area contributed by atoms with Crippen molar-refractivity contribution in [2.45, 2.75) is 13.0 Å². The molecule has 0 radical (unpaired) electrons. The highest BCUT2D eigenvalue weighted by Gasteiger charge is 2.11. The van der Waals surface area contributed by atoms with Crippen molar-refractivity contribution < 1.29 is 0 Å². The second-order valence-electron chi connectivity index (χ2n) is 2.64. The molecule has 2 heterocycles. The highest BCUT2D eigenvalue weighted by molar-refractivity contribution is 9.10.